The average molecular weight is 460 g/mol. The summed E-state index contributed by atoms with van der Waals surface area (Å²) in [5, 5.41) is 1.26. The fraction of sp³-hybridized carbons (Fsp3) is 0.552. The van der Waals surface area contributed by atoms with Crippen LogP contribution in [-0.2, 0) is 6.42 Å². The standard InChI is InChI=1S/C29H41N5/c1-21(2)33-16-18-34(19-17-33)26-10-8-24(9-11-26)29-27-20-25(12-15-32-13-6-5-7-14-32)31-28(27)22(3)23(4)30-29/h8-11,20-21,31H,5-7,12-19H2,1-4H3. The Labute approximate surface area is 205 Å². The summed E-state index contributed by atoms with van der Waals surface area (Å²) in [5.41, 5.74) is 8.60. The molecule has 2 aliphatic heterocycles. The Balaban J connectivity index is 1.36. The molecule has 1 aromatic carbocycles. The monoisotopic (exact) mass is 459 g/mol. The van der Waals surface area contributed by atoms with Crippen LogP contribution < -0.4 is 4.90 Å². The number of aromatic nitrogens is 2. The lowest BCUT2D eigenvalue weighted by molar-refractivity contribution is 0.209. The van der Waals surface area contributed by atoms with E-state index in [2.05, 4.69) is 77.7 Å². The second-order valence-electron chi connectivity index (χ2n) is 10.6. The van der Waals surface area contributed by atoms with Gasteiger partial charge in [-0.25, -0.2) is 0 Å². The lowest BCUT2D eigenvalue weighted by atomic mass is 10.0. The molecule has 0 spiro atoms. The van der Waals surface area contributed by atoms with Crippen molar-refractivity contribution in [2.45, 2.75) is 59.4 Å². The number of aryl methyl sites for hydroxylation is 2. The predicted octanol–water partition coefficient (Wildman–Crippen LogP) is 5.41. The zero-order valence-electron chi connectivity index (χ0n) is 21.5. The van der Waals surface area contributed by atoms with Gasteiger partial charge in [-0.3, -0.25) is 9.88 Å². The van der Waals surface area contributed by atoms with Crippen molar-refractivity contribution in [1.29, 1.82) is 0 Å². The molecule has 0 bridgehead atoms. The minimum Gasteiger partial charge on any atom is -0.369 e. The van der Waals surface area contributed by atoms with Gasteiger partial charge < -0.3 is 14.8 Å². The van der Waals surface area contributed by atoms with Crippen LogP contribution in [0.15, 0.2) is 30.3 Å². The summed E-state index contributed by atoms with van der Waals surface area (Å²) in [6.45, 7) is 17.0. The molecule has 0 amide bonds. The first-order valence-electron chi connectivity index (χ1n) is 13.3. The number of hydrogen-bond acceptors (Lipinski definition) is 4. The third-order valence-electron chi connectivity index (χ3n) is 8.02. The van der Waals surface area contributed by atoms with Gasteiger partial charge in [0.2, 0.25) is 0 Å². The van der Waals surface area contributed by atoms with E-state index >= 15 is 0 Å². The number of hydrogen-bond donors (Lipinski definition) is 1. The number of piperazine rings is 1. The molecule has 5 nitrogen and oxygen atoms in total. The molecule has 2 saturated heterocycles. The number of likely N-dealkylation sites (tertiary alicyclic amines) is 1. The van der Waals surface area contributed by atoms with Crippen LogP contribution in [0.25, 0.3) is 22.2 Å². The Morgan fingerprint density at radius 2 is 1.62 bits per heavy atom. The summed E-state index contributed by atoms with van der Waals surface area (Å²) < 4.78 is 0. The van der Waals surface area contributed by atoms with Crippen molar-refractivity contribution in [1.82, 2.24) is 19.8 Å². The van der Waals surface area contributed by atoms with Crippen LogP contribution in [0.3, 0.4) is 0 Å². The van der Waals surface area contributed by atoms with Crippen LogP contribution in [0.1, 0.15) is 50.1 Å². The summed E-state index contributed by atoms with van der Waals surface area (Å²) in [7, 11) is 0. The van der Waals surface area contributed by atoms with Crippen molar-refractivity contribution >= 4 is 16.6 Å². The molecule has 1 N–H and O–H groups in total. The number of benzene rings is 1. The third-order valence-corrected chi connectivity index (χ3v) is 8.02. The third kappa shape index (κ3) is 4.87. The second-order valence-corrected chi connectivity index (χ2v) is 10.6. The average Bonchev–Trinajstić information content (AvgIpc) is 3.30. The van der Waals surface area contributed by atoms with Crippen molar-refractivity contribution in [3.8, 4) is 11.3 Å². The van der Waals surface area contributed by atoms with Crippen molar-refractivity contribution in [3.05, 3.63) is 47.3 Å². The van der Waals surface area contributed by atoms with Crippen molar-refractivity contribution < 1.29 is 0 Å². The number of fused-ring (bicyclic) bond motifs is 1. The summed E-state index contributed by atoms with van der Waals surface area (Å²) in [4.78, 5) is 16.5. The molecule has 2 fully saturated rings. The SMILES string of the molecule is Cc1nc(-c2ccc(N3CCN(C(C)C)CC3)cc2)c2cc(CCN3CCCCC3)[nH]c2c1C. The molecule has 4 heterocycles. The predicted molar refractivity (Wildman–Crippen MR) is 144 cm³/mol. The smallest absolute Gasteiger partial charge is 0.0799 e. The molecule has 34 heavy (non-hydrogen) atoms. The molecule has 0 unspecified atom stereocenters. The quantitative estimate of drug-likeness (QED) is 0.535. The number of anilines is 1. The first-order chi connectivity index (χ1) is 16.5. The Hall–Kier alpha value is -2.37. The number of H-pyrrole nitrogens is 1. The molecule has 0 radical (unpaired) electrons. The fourth-order valence-electron chi connectivity index (χ4n) is 5.63. The molecule has 5 rings (SSSR count). The van der Waals surface area contributed by atoms with Crippen LogP contribution in [0, 0.1) is 13.8 Å². The van der Waals surface area contributed by atoms with E-state index in [-0.39, 0.29) is 0 Å². The number of piperidine rings is 1. The highest BCUT2D eigenvalue weighted by molar-refractivity contribution is 5.96. The van der Waals surface area contributed by atoms with Crippen LogP contribution in [0.5, 0.6) is 0 Å². The minimum absolute atomic E-state index is 0.633. The van der Waals surface area contributed by atoms with E-state index in [1.165, 1.54) is 65.8 Å². The molecule has 2 aromatic heterocycles. The zero-order chi connectivity index (χ0) is 23.7. The van der Waals surface area contributed by atoms with Crippen LogP contribution in [0.4, 0.5) is 5.69 Å². The van der Waals surface area contributed by atoms with E-state index < -0.39 is 0 Å². The summed E-state index contributed by atoms with van der Waals surface area (Å²) in [5.74, 6) is 0. The molecule has 2 aliphatic rings. The molecule has 0 aliphatic carbocycles. The summed E-state index contributed by atoms with van der Waals surface area (Å²) >= 11 is 0. The lowest BCUT2D eigenvalue weighted by Crippen LogP contribution is -2.48. The fourth-order valence-corrected chi connectivity index (χ4v) is 5.63. The Kier molecular flexibility index (Phi) is 6.94. The molecule has 0 atom stereocenters. The van der Waals surface area contributed by atoms with Gasteiger partial charge in [0.05, 0.1) is 11.2 Å². The van der Waals surface area contributed by atoms with Crippen molar-refractivity contribution in [3.63, 3.8) is 0 Å². The lowest BCUT2D eigenvalue weighted by Gasteiger charge is -2.38. The molecule has 0 saturated carbocycles. The van der Waals surface area contributed by atoms with Gasteiger partial charge in [0.25, 0.3) is 0 Å². The van der Waals surface area contributed by atoms with Crippen molar-refractivity contribution in [2.75, 3.05) is 50.7 Å². The van der Waals surface area contributed by atoms with Gasteiger partial charge in [-0.2, -0.15) is 0 Å². The van der Waals surface area contributed by atoms with Gasteiger partial charge in [-0.15, -0.1) is 0 Å². The summed E-state index contributed by atoms with van der Waals surface area (Å²) in [6.07, 6.45) is 5.17. The van der Waals surface area contributed by atoms with Gasteiger partial charge in [-0.1, -0.05) is 18.6 Å². The van der Waals surface area contributed by atoms with Gasteiger partial charge in [0.15, 0.2) is 0 Å². The number of pyridine rings is 1. The second kappa shape index (κ2) is 10.1. The highest BCUT2D eigenvalue weighted by atomic mass is 15.3. The Morgan fingerprint density at radius 3 is 2.29 bits per heavy atom. The van der Waals surface area contributed by atoms with Crippen LogP contribution >= 0.6 is 0 Å². The molecular weight excluding hydrogens is 418 g/mol. The minimum atomic E-state index is 0.633. The van der Waals surface area contributed by atoms with Gasteiger partial charge in [0, 0.05) is 73.2 Å². The zero-order valence-corrected chi connectivity index (χ0v) is 21.5. The van der Waals surface area contributed by atoms with Crippen LogP contribution in [0.2, 0.25) is 0 Å². The summed E-state index contributed by atoms with van der Waals surface area (Å²) in [6, 6.07) is 12.1. The normalized spacial score (nSPS) is 18.3. The van der Waals surface area contributed by atoms with Crippen LogP contribution in [-0.4, -0.2) is 71.6 Å². The van der Waals surface area contributed by atoms with Gasteiger partial charge in [-0.05, 0) is 77.4 Å². The maximum Gasteiger partial charge on any atom is 0.0799 e. The van der Waals surface area contributed by atoms with E-state index in [1.54, 1.807) is 0 Å². The topological polar surface area (TPSA) is 38.4 Å². The highest BCUT2D eigenvalue weighted by Crippen LogP contribution is 2.32. The Bertz CT molecular complexity index is 1100. The molecule has 182 valence electrons. The van der Waals surface area contributed by atoms with E-state index in [0.29, 0.717) is 6.04 Å². The first-order valence-corrected chi connectivity index (χ1v) is 13.3. The number of nitrogens with zero attached hydrogens (tertiary/aromatic N) is 4. The number of aromatic amines is 1. The maximum atomic E-state index is 5.06. The van der Waals surface area contributed by atoms with Crippen molar-refractivity contribution in [2.24, 2.45) is 0 Å². The molecular formula is C29H41N5. The van der Waals surface area contributed by atoms with Gasteiger partial charge in [0.1, 0.15) is 0 Å². The van der Waals surface area contributed by atoms with E-state index in [9.17, 15) is 0 Å². The highest BCUT2D eigenvalue weighted by Gasteiger charge is 2.20. The molecule has 5 heteroatoms. The van der Waals surface area contributed by atoms with E-state index in [0.717, 1.165) is 50.5 Å². The Morgan fingerprint density at radius 1 is 0.912 bits per heavy atom. The largest absolute Gasteiger partial charge is 0.369 e. The maximum absolute atomic E-state index is 5.06. The number of nitrogens with one attached hydrogen (secondary N) is 1. The molecule has 3 aromatic rings. The van der Waals surface area contributed by atoms with E-state index in [1.807, 2.05) is 0 Å². The van der Waals surface area contributed by atoms with Gasteiger partial charge >= 0.3 is 0 Å². The first kappa shape index (κ1) is 23.4. The number of rotatable bonds is 6. The van der Waals surface area contributed by atoms with E-state index in [4.69, 9.17) is 4.98 Å².